The third kappa shape index (κ3) is 3.28. The summed E-state index contributed by atoms with van der Waals surface area (Å²) < 4.78 is 0. The van der Waals surface area contributed by atoms with Crippen LogP contribution in [0.2, 0.25) is 0 Å². The van der Waals surface area contributed by atoms with E-state index in [4.69, 9.17) is 0 Å². The van der Waals surface area contributed by atoms with Crippen LogP contribution in [-0.2, 0) is 6.42 Å². The largest absolute Gasteiger partial charge is 0.390 e. The maximum absolute atomic E-state index is 10.7. The van der Waals surface area contributed by atoms with Crippen LogP contribution in [-0.4, -0.2) is 34.0 Å². The van der Waals surface area contributed by atoms with Crippen molar-refractivity contribution >= 4 is 5.82 Å². The molecule has 4 nitrogen and oxygen atoms in total. The second-order valence-electron chi connectivity index (χ2n) is 6.47. The highest BCUT2D eigenvalue weighted by Crippen LogP contribution is 2.32. The van der Waals surface area contributed by atoms with Crippen LogP contribution in [0.25, 0.3) is 0 Å². The summed E-state index contributed by atoms with van der Waals surface area (Å²) >= 11 is 0. The minimum Gasteiger partial charge on any atom is -0.390 e. The minimum absolute atomic E-state index is 0.187. The van der Waals surface area contributed by atoms with Gasteiger partial charge in [-0.1, -0.05) is 30.3 Å². The zero-order chi connectivity index (χ0) is 15.6. The smallest absolute Gasteiger partial charge is 0.151 e. The van der Waals surface area contributed by atoms with E-state index in [1.165, 1.54) is 5.56 Å². The summed E-state index contributed by atoms with van der Waals surface area (Å²) in [6.07, 6.45) is 1.63. The predicted octanol–water partition coefficient (Wildman–Crippen LogP) is 2.61. The fourth-order valence-corrected chi connectivity index (χ4v) is 3.07. The van der Waals surface area contributed by atoms with Crippen LogP contribution in [0.1, 0.15) is 24.6 Å². The Hall–Kier alpha value is -1.94. The quantitative estimate of drug-likeness (QED) is 0.946. The van der Waals surface area contributed by atoms with Gasteiger partial charge in [-0.25, -0.2) is 0 Å². The van der Waals surface area contributed by atoms with Gasteiger partial charge >= 0.3 is 0 Å². The summed E-state index contributed by atoms with van der Waals surface area (Å²) in [5.74, 6) is 1.09. The second-order valence-corrected chi connectivity index (χ2v) is 6.47. The highest BCUT2D eigenvalue weighted by atomic mass is 16.3. The van der Waals surface area contributed by atoms with E-state index < -0.39 is 5.60 Å². The number of aliphatic hydroxyl groups is 1. The van der Waals surface area contributed by atoms with E-state index in [1.807, 2.05) is 32.0 Å². The predicted molar refractivity (Wildman–Crippen MR) is 87.9 cm³/mol. The second kappa shape index (κ2) is 6.05. The van der Waals surface area contributed by atoms with Crippen molar-refractivity contribution < 1.29 is 5.11 Å². The molecule has 0 bridgehead atoms. The Balaban J connectivity index is 1.76. The molecular weight excluding hydrogens is 274 g/mol. The Morgan fingerprint density at radius 1 is 1.18 bits per heavy atom. The summed E-state index contributed by atoms with van der Waals surface area (Å²) in [6, 6.07) is 14.4. The van der Waals surface area contributed by atoms with E-state index in [0.29, 0.717) is 0 Å². The molecule has 22 heavy (non-hydrogen) atoms. The number of aryl methyl sites for hydroxylation is 1. The Bertz CT molecular complexity index is 610. The third-order valence-electron chi connectivity index (χ3n) is 4.64. The molecule has 1 aliphatic heterocycles. The average molecular weight is 297 g/mol. The molecule has 1 N–H and O–H groups in total. The number of anilines is 1. The molecule has 2 atom stereocenters. The first-order chi connectivity index (χ1) is 10.5. The van der Waals surface area contributed by atoms with Crippen molar-refractivity contribution in [2.45, 2.75) is 32.3 Å². The Morgan fingerprint density at radius 2 is 1.95 bits per heavy atom. The molecule has 4 heteroatoms. The average Bonchev–Trinajstić information content (AvgIpc) is 2.51. The summed E-state index contributed by atoms with van der Waals surface area (Å²) in [6.45, 7) is 5.52. The number of hydrogen-bond donors (Lipinski definition) is 1. The van der Waals surface area contributed by atoms with Gasteiger partial charge in [0.25, 0.3) is 0 Å². The van der Waals surface area contributed by atoms with Gasteiger partial charge in [-0.05, 0) is 44.4 Å². The molecule has 1 saturated heterocycles. The molecule has 0 unspecified atom stereocenters. The van der Waals surface area contributed by atoms with Gasteiger partial charge in [0, 0.05) is 19.0 Å². The molecule has 1 aromatic heterocycles. The lowest BCUT2D eigenvalue weighted by Gasteiger charge is -2.43. The molecule has 0 amide bonds. The molecule has 0 radical (unpaired) electrons. The maximum Gasteiger partial charge on any atom is 0.151 e. The fraction of sp³-hybridized carbons (Fsp3) is 0.444. The normalized spacial score (nSPS) is 25.2. The van der Waals surface area contributed by atoms with Crippen LogP contribution in [0.3, 0.4) is 0 Å². The number of aromatic nitrogens is 2. The van der Waals surface area contributed by atoms with E-state index in [2.05, 4.69) is 39.4 Å². The number of rotatable bonds is 3. The van der Waals surface area contributed by atoms with Crippen molar-refractivity contribution in [2.24, 2.45) is 5.92 Å². The molecule has 2 aromatic rings. The van der Waals surface area contributed by atoms with Gasteiger partial charge in [0.15, 0.2) is 5.82 Å². The zero-order valence-electron chi connectivity index (χ0n) is 13.2. The van der Waals surface area contributed by atoms with Crippen LogP contribution in [0.5, 0.6) is 0 Å². The van der Waals surface area contributed by atoms with Crippen molar-refractivity contribution in [1.82, 2.24) is 10.2 Å². The first-order valence-corrected chi connectivity index (χ1v) is 7.86. The Morgan fingerprint density at radius 3 is 2.64 bits per heavy atom. The highest BCUT2D eigenvalue weighted by Gasteiger charge is 2.37. The monoisotopic (exact) mass is 297 g/mol. The maximum atomic E-state index is 10.7. The van der Waals surface area contributed by atoms with Crippen LogP contribution in [0, 0.1) is 12.8 Å². The van der Waals surface area contributed by atoms with Crippen molar-refractivity contribution in [3.05, 3.63) is 53.7 Å². The van der Waals surface area contributed by atoms with Crippen LogP contribution in [0.15, 0.2) is 42.5 Å². The van der Waals surface area contributed by atoms with Gasteiger partial charge in [-0.15, -0.1) is 5.10 Å². The molecule has 2 heterocycles. The van der Waals surface area contributed by atoms with Gasteiger partial charge in [0.05, 0.1) is 11.3 Å². The Kier molecular flexibility index (Phi) is 4.12. The summed E-state index contributed by atoms with van der Waals surface area (Å²) in [4.78, 5) is 2.23. The minimum atomic E-state index is -0.634. The summed E-state index contributed by atoms with van der Waals surface area (Å²) in [5, 5.41) is 19.2. The highest BCUT2D eigenvalue weighted by molar-refractivity contribution is 5.38. The van der Waals surface area contributed by atoms with Crippen LogP contribution >= 0.6 is 0 Å². The van der Waals surface area contributed by atoms with E-state index >= 15 is 0 Å². The number of piperidine rings is 1. The Labute approximate surface area is 131 Å². The summed E-state index contributed by atoms with van der Waals surface area (Å²) in [5.41, 5.74) is 1.56. The van der Waals surface area contributed by atoms with E-state index in [0.717, 1.165) is 37.4 Å². The molecular formula is C18H23N3O. The van der Waals surface area contributed by atoms with Crippen LogP contribution < -0.4 is 4.90 Å². The molecule has 0 saturated carbocycles. The van der Waals surface area contributed by atoms with Gasteiger partial charge in [-0.2, -0.15) is 5.10 Å². The SMILES string of the molecule is Cc1ccc(N2CC[C@@](C)(O)[C@@H](Cc3ccccc3)C2)nn1. The van der Waals surface area contributed by atoms with Crippen molar-refractivity contribution in [3.8, 4) is 0 Å². The summed E-state index contributed by atoms with van der Waals surface area (Å²) in [7, 11) is 0. The zero-order valence-corrected chi connectivity index (χ0v) is 13.2. The standard InChI is InChI=1S/C18H23N3O/c1-14-8-9-17(20-19-14)21-11-10-18(2,22)16(13-21)12-15-6-4-3-5-7-15/h3-9,16,22H,10-13H2,1-2H3/t16-,18+/m0/s1. The lowest BCUT2D eigenvalue weighted by Crippen LogP contribution is -2.51. The lowest BCUT2D eigenvalue weighted by molar-refractivity contribution is -0.0168. The van der Waals surface area contributed by atoms with Crippen molar-refractivity contribution in [3.63, 3.8) is 0 Å². The first-order valence-electron chi connectivity index (χ1n) is 7.86. The lowest BCUT2D eigenvalue weighted by atomic mass is 9.79. The third-order valence-corrected chi connectivity index (χ3v) is 4.64. The number of benzene rings is 1. The number of nitrogens with zero attached hydrogens (tertiary/aromatic N) is 3. The topological polar surface area (TPSA) is 49.2 Å². The molecule has 1 aromatic carbocycles. The first kappa shape index (κ1) is 15.0. The van der Waals surface area contributed by atoms with Crippen LogP contribution in [0.4, 0.5) is 5.82 Å². The fourth-order valence-electron chi connectivity index (χ4n) is 3.07. The number of hydrogen-bond acceptors (Lipinski definition) is 4. The van der Waals surface area contributed by atoms with Gasteiger partial charge in [0.1, 0.15) is 0 Å². The van der Waals surface area contributed by atoms with E-state index in [-0.39, 0.29) is 5.92 Å². The molecule has 3 rings (SSSR count). The molecule has 116 valence electrons. The van der Waals surface area contributed by atoms with E-state index in [9.17, 15) is 5.11 Å². The van der Waals surface area contributed by atoms with Gasteiger partial charge in [-0.3, -0.25) is 0 Å². The van der Waals surface area contributed by atoms with Gasteiger partial charge < -0.3 is 10.0 Å². The molecule has 1 aliphatic rings. The van der Waals surface area contributed by atoms with Crippen molar-refractivity contribution in [1.29, 1.82) is 0 Å². The molecule has 0 spiro atoms. The van der Waals surface area contributed by atoms with E-state index in [1.54, 1.807) is 0 Å². The van der Waals surface area contributed by atoms with Gasteiger partial charge in [0.2, 0.25) is 0 Å². The van der Waals surface area contributed by atoms with Crippen molar-refractivity contribution in [2.75, 3.05) is 18.0 Å². The molecule has 1 fully saturated rings. The molecule has 0 aliphatic carbocycles.